The zero-order valence-corrected chi connectivity index (χ0v) is 16.5. The second kappa shape index (κ2) is 9.07. The van der Waals surface area contributed by atoms with Gasteiger partial charge in [-0.1, -0.05) is 30.3 Å². The normalized spacial score (nSPS) is 11.9. The van der Waals surface area contributed by atoms with E-state index in [2.05, 4.69) is 26.0 Å². The van der Waals surface area contributed by atoms with Crippen molar-refractivity contribution in [3.05, 3.63) is 60.2 Å². The van der Waals surface area contributed by atoms with Crippen LogP contribution in [0.2, 0.25) is 0 Å². The number of nitrogens with zero attached hydrogens (tertiary/aromatic N) is 5. The minimum Gasteiger partial charge on any atom is -0.346 e. The number of aryl methyl sites for hydroxylation is 1. The molecule has 1 heterocycles. The highest BCUT2D eigenvalue weighted by Crippen LogP contribution is 2.18. The molecule has 2 amide bonds. The smallest absolute Gasteiger partial charge is 0.313 e. The minimum atomic E-state index is -0.721. The van der Waals surface area contributed by atoms with Crippen LogP contribution in [0, 0.1) is 0 Å². The molecule has 0 radical (unpaired) electrons. The molecule has 0 fully saturated rings. The van der Waals surface area contributed by atoms with E-state index in [1.807, 2.05) is 49.3 Å². The van der Waals surface area contributed by atoms with E-state index >= 15 is 0 Å². The molecule has 29 heavy (non-hydrogen) atoms. The van der Waals surface area contributed by atoms with Crippen molar-refractivity contribution in [2.75, 3.05) is 26.0 Å². The summed E-state index contributed by atoms with van der Waals surface area (Å²) < 4.78 is 0. The lowest BCUT2D eigenvalue weighted by Gasteiger charge is -2.25. The summed E-state index contributed by atoms with van der Waals surface area (Å²) in [6.45, 7) is 0.320. The van der Waals surface area contributed by atoms with Gasteiger partial charge in [0.1, 0.15) is 0 Å². The van der Waals surface area contributed by atoms with Gasteiger partial charge in [0.25, 0.3) is 0 Å². The van der Waals surface area contributed by atoms with E-state index in [0.717, 1.165) is 11.1 Å². The molecular weight excluding hydrogens is 370 g/mol. The average molecular weight is 393 g/mol. The maximum Gasteiger partial charge on any atom is 0.313 e. The van der Waals surface area contributed by atoms with Crippen LogP contribution >= 0.6 is 0 Å². The van der Waals surface area contributed by atoms with E-state index in [-0.39, 0.29) is 6.04 Å². The predicted octanol–water partition coefficient (Wildman–Crippen LogP) is 1.23. The number of tetrazole rings is 1. The molecule has 0 saturated carbocycles. The second-order valence-electron chi connectivity index (χ2n) is 6.73. The zero-order chi connectivity index (χ0) is 20.8. The topological polar surface area (TPSA) is 105 Å². The van der Waals surface area contributed by atoms with Crippen LogP contribution in [0.15, 0.2) is 54.6 Å². The molecule has 1 atom stereocenters. The second-order valence-corrected chi connectivity index (χ2v) is 6.73. The molecule has 0 spiro atoms. The first-order valence-corrected chi connectivity index (χ1v) is 9.09. The Kier molecular flexibility index (Phi) is 6.30. The number of nitrogens with one attached hydrogen (secondary N) is 2. The van der Waals surface area contributed by atoms with Crippen molar-refractivity contribution in [3.8, 4) is 11.4 Å². The molecule has 0 aliphatic rings. The summed E-state index contributed by atoms with van der Waals surface area (Å²) in [6, 6.07) is 16.6. The van der Waals surface area contributed by atoms with E-state index in [9.17, 15) is 9.59 Å². The Morgan fingerprint density at radius 1 is 1.03 bits per heavy atom. The van der Waals surface area contributed by atoms with Gasteiger partial charge < -0.3 is 15.5 Å². The predicted molar refractivity (Wildman–Crippen MR) is 109 cm³/mol. The third kappa shape index (κ3) is 5.23. The van der Waals surface area contributed by atoms with Gasteiger partial charge >= 0.3 is 11.8 Å². The van der Waals surface area contributed by atoms with Crippen LogP contribution in [0.4, 0.5) is 5.69 Å². The number of aromatic nitrogens is 4. The van der Waals surface area contributed by atoms with Crippen molar-refractivity contribution >= 4 is 17.5 Å². The molecule has 0 bridgehead atoms. The lowest BCUT2D eigenvalue weighted by atomic mass is 10.1. The Balaban J connectivity index is 1.57. The Hall–Kier alpha value is -3.59. The molecule has 0 aliphatic heterocycles. The van der Waals surface area contributed by atoms with Crippen LogP contribution < -0.4 is 10.6 Å². The summed E-state index contributed by atoms with van der Waals surface area (Å²) in [5.74, 6) is -0.924. The van der Waals surface area contributed by atoms with Crippen LogP contribution in [0.25, 0.3) is 11.4 Å². The highest BCUT2D eigenvalue weighted by atomic mass is 16.2. The third-order valence-corrected chi connectivity index (χ3v) is 4.38. The molecule has 3 aromatic rings. The van der Waals surface area contributed by atoms with E-state index in [0.29, 0.717) is 18.1 Å². The number of hydrogen-bond donors (Lipinski definition) is 2. The summed E-state index contributed by atoms with van der Waals surface area (Å²) in [5.41, 5.74) is 2.33. The van der Waals surface area contributed by atoms with Gasteiger partial charge in [-0.15, -0.1) is 10.2 Å². The highest BCUT2D eigenvalue weighted by molar-refractivity contribution is 6.39. The van der Waals surface area contributed by atoms with Gasteiger partial charge in [0.2, 0.25) is 5.82 Å². The lowest BCUT2D eigenvalue weighted by Crippen LogP contribution is -2.40. The van der Waals surface area contributed by atoms with E-state index < -0.39 is 11.8 Å². The number of hydrogen-bond acceptors (Lipinski definition) is 6. The Bertz CT molecular complexity index is 968. The van der Waals surface area contributed by atoms with Crippen LogP contribution in [-0.2, 0) is 16.6 Å². The quantitative estimate of drug-likeness (QED) is 0.611. The highest BCUT2D eigenvalue weighted by Gasteiger charge is 2.19. The largest absolute Gasteiger partial charge is 0.346 e. The Morgan fingerprint density at radius 3 is 2.31 bits per heavy atom. The fraction of sp³-hybridized carbons (Fsp3) is 0.250. The van der Waals surface area contributed by atoms with E-state index in [1.165, 1.54) is 4.80 Å². The maximum atomic E-state index is 12.2. The van der Waals surface area contributed by atoms with Crippen molar-refractivity contribution < 1.29 is 9.59 Å². The molecule has 1 aromatic heterocycles. The summed E-state index contributed by atoms with van der Waals surface area (Å²) in [6.07, 6.45) is 0. The summed E-state index contributed by atoms with van der Waals surface area (Å²) in [5, 5.41) is 17.1. The molecular formula is C20H23N7O2. The number of likely N-dealkylation sites (N-methyl/N-ethyl adjacent to an activating group) is 1. The average Bonchev–Trinajstić information content (AvgIpc) is 3.15. The van der Waals surface area contributed by atoms with Gasteiger partial charge in [-0.25, -0.2) is 0 Å². The van der Waals surface area contributed by atoms with Crippen molar-refractivity contribution in [1.29, 1.82) is 0 Å². The van der Waals surface area contributed by atoms with Gasteiger partial charge in [0.15, 0.2) is 0 Å². The van der Waals surface area contributed by atoms with Crippen molar-refractivity contribution in [3.63, 3.8) is 0 Å². The van der Waals surface area contributed by atoms with Crippen molar-refractivity contribution in [1.82, 2.24) is 30.4 Å². The van der Waals surface area contributed by atoms with Gasteiger partial charge in [-0.2, -0.15) is 4.80 Å². The first-order valence-electron chi connectivity index (χ1n) is 9.09. The molecule has 2 aromatic carbocycles. The fourth-order valence-electron chi connectivity index (χ4n) is 2.83. The fourth-order valence-corrected chi connectivity index (χ4v) is 2.83. The number of carbonyl (C=O) groups is 2. The molecule has 0 aliphatic carbocycles. The van der Waals surface area contributed by atoms with Crippen LogP contribution in [0.5, 0.6) is 0 Å². The molecule has 0 saturated heterocycles. The number of anilines is 1. The van der Waals surface area contributed by atoms with Crippen molar-refractivity contribution in [2.45, 2.75) is 6.04 Å². The maximum absolute atomic E-state index is 12.2. The molecule has 0 unspecified atom stereocenters. The molecule has 3 rings (SSSR count). The Labute approximate surface area is 168 Å². The third-order valence-electron chi connectivity index (χ3n) is 4.38. The van der Waals surface area contributed by atoms with Crippen LogP contribution in [-0.4, -0.2) is 57.6 Å². The number of carbonyl (C=O) groups excluding carboxylic acids is 2. The van der Waals surface area contributed by atoms with E-state index in [4.69, 9.17) is 0 Å². The first kappa shape index (κ1) is 20.2. The summed E-state index contributed by atoms with van der Waals surface area (Å²) in [7, 11) is 5.54. The van der Waals surface area contributed by atoms with Crippen LogP contribution in [0.1, 0.15) is 11.6 Å². The van der Waals surface area contributed by atoms with Crippen molar-refractivity contribution in [2.24, 2.45) is 7.05 Å². The molecule has 150 valence electrons. The molecule has 9 heteroatoms. The van der Waals surface area contributed by atoms with Gasteiger partial charge in [-0.05, 0) is 49.1 Å². The number of benzene rings is 2. The van der Waals surface area contributed by atoms with E-state index in [1.54, 1.807) is 31.3 Å². The molecule has 2 N–H and O–H groups in total. The zero-order valence-electron chi connectivity index (χ0n) is 16.5. The van der Waals surface area contributed by atoms with Crippen LogP contribution in [0.3, 0.4) is 0 Å². The van der Waals surface area contributed by atoms with Gasteiger partial charge in [-0.3, -0.25) is 9.59 Å². The van der Waals surface area contributed by atoms with Gasteiger partial charge in [0, 0.05) is 17.8 Å². The standard InChI is InChI=1S/C20H23N7O2/c1-26(2)17(14-7-5-4-6-8-14)13-21-19(28)20(29)22-16-11-9-15(10-12-16)18-23-25-27(3)24-18/h4-12,17H,13H2,1-3H3,(H,21,28)(H,22,29)/t17-/m0/s1. The molecule has 9 nitrogen and oxygen atoms in total. The van der Waals surface area contributed by atoms with Gasteiger partial charge in [0.05, 0.1) is 13.1 Å². The summed E-state index contributed by atoms with van der Waals surface area (Å²) >= 11 is 0. The summed E-state index contributed by atoms with van der Waals surface area (Å²) in [4.78, 5) is 27.8. The number of amides is 2. The first-order chi connectivity index (χ1) is 13.9. The lowest BCUT2D eigenvalue weighted by molar-refractivity contribution is -0.136. The number of rotatable bonds is 6. The minimum absolute atomic E-state index is 0.0354. The Morgan fingerprint density at radius 2 is 1.72 bits per heavy atom. The monoisotopic (exact) mass is 393 g/mol. The SMILES string of the molecule is CN(C)[C@@H](CNC(=O)C(=O)Nc1ccc(-c2nnn(C)n2)cc1)c1ccccc1.